The molecule has 5 aromatic carbocycles. The molecule has 5 heterocycles. The average molecular weight is 1030 g/mol. The van der Waals surface area contributed by atoms with Crippen LogP contribution in [-0.4, -0.2) is 32.6 Å². The Kier molecular flexibility index (Phi) is 12.8. The SMILES string of the molecule is Cc1c[c-]c(-c2ccc([Si](C)(C)C)cn2)cc1.Cc1nccc2nc(-c3[c-]ccc4c3oc3nc(C(C)C(C)C)ccc34)n(-c3c(-c4ccccc4)cccc3-c3ccccc3)c12.[Ir]. The van der Waals surface area contributed by atoms with Gasteiger partial charge in [-0.3, -0.25) is 9.97 Å². The fraction of sp³-hybridized carbons (Fsp3) is 0.179. The monoisotopic (exact) mass is 1030 g/mol. The molecule has 1 radical (unpaired) electrons. The molecule has 1 atom stereocenters. The first-order valence-electron chi connectivity index (χ1n) is 21.7. The topological polar surface area (TPSA) is 69.6 Å². The van der Waals surface area contributed by atoms with Crippen LogP contribution in [0.4, 0.5) is 0 Å². The third kappa shape index (κ3) is 8.66. The van der Waals surface area contributed by atoms with E-state index >= 15 is 0 Å². The van der Waals surface area contributed by atoms with E-state index in [2.05, 4.69) is 190 Å². The molecule has 0 saturated heterocycles. The average Bonchev–Trinajstić information content (AvgIpc) is 3.88. The fourth-order valence-corrected chi connectivity index (χ4v) is 9.14. The molecule has 0 spiro atoms. The van der Waals surface area contributed by atoms with E-state index in [1.807, 2.05) is 37.5 Å². The first-order chi connectivity index (χ1) is 30.5. The third-order valence-corrected chi connectivity index (χ3v) is 14.1. The van der Waals surface area contributed by atoms with Gasteiger partial charge in [0.15, 0.2) is 0 Å². The van der Waals surface area contributed by atoms with Gasteiger partial charge in [0, 0.05) is 60.6 Å². The second-order valence-electron chi connectivity index (χ2n) is 17.7. The number of benzene rings is 5. The minimum atomic E-state index is -1.24. The molecule has 0 fully saturated rings. The number of hydrogen-bond acceptors (Lipinski definition) is 5. The Balaban J connectivity index is 0.000000262. The second-order valence-corrected chi connectivity index (χ2v) is 22.8. The largest absolute Gasteiger partial charge is 0.486 e. The molecule has 5 aromatic heterocycles. The zero-order valence-electron chi connectivity index (χ0n) is 37.6. The Morgan fingerprint density at radius 3 is 1.98 bits per heavy atom. The maximum Gasteiger partial charge on any atom is 0.216 e. The van der Waals surface area contributed by atoms with Gasteiger partial charge in [-0.15, -0.1) is 53.6 Å². The fourth-order valence-electron chi connectivity index (χ4n) is 8.11. The summed E-state index contributed by atoms with van der Waals surface area (Å²) in [5, 5.41) is 3.38. The van der Waals surface area contributed by atoms with Crippen molar-refractivity contribution in [2.24, 2.45) is 5.92 Å². The van der Waals surface area contributed by atoms with Crippen LogP contribution in [0.5, 0.6) is 0 Å². The van der Waals surface area contributed by atoms with Gasteiger partial charge < -0.3 is 14.0 Å². The zero-order chi connectivity index (χ0) is 43.8. The first-order valence-corrected chi connectivity index (χ1v) is 25.2. The molecule has 0 N–H and O–H groups in total. The summed E-state index contributed by atoms with van der Waals surface area (Å²) in [5.41, 5.74) is 14.6. The molecule has 64 heavy (non-hydrogen) atoms. The maximum absolute atomic E-state index is 6.64. The molecular weight excluding hydrogens is 979 g/mol. The summed E-state index contributed by atoms with van der Waals surface area (Å²) in [6.07, 6.45) is 3.85. The van der Waals surface area contributed by atoms with Gasteiger partial charge in [0.25, 0.3) is 0 Å². The number of aromatic nitrogens is 5. The molecule has 0 amide bonds. The number of pyridine rings is 3. The molecule has 0 aliphatic carbocycles. The molecule has 1 unspecified atom stereocenters. The minimum Gasteiger partial charge on any atom is -0.486 e. The number of fused-ring (bicyclic) bond motifs is 4. The molecule has 0 saturated carbocycles. The van der Waals surface area contributed by atoms with Gasteiger partial charge in [0.05, 0.1) is 41.9 Å². The van der Waals surface area contributed by atoms with Gasteiger partial charge in [-0.2, -0.15) is 0 Å². The summed E-state index contributed by atoms with van der Waals surface area (Å²) >= 11 is 0. The molecule has 8 heteroatoms. The zero-order valence-corrected chi connectivity index (χ0v) is 41.0. The van der Waals surface area contributed by atoms with Crippen LogP contribution < -0.4 is 5.19 Å². The van der Waals surface area contributed by atoms with Crippen molar-refractivity contribution in [3.05, 3.63) is 181 Å². The van der Waals surface area contributed by atoms with E-state index in [4.69, 9.17) is 19.4 Å². The van der Waals surface area contributed by atoms with Crippen LogP contribution in [0.3, 0.4) is 0 Å². The predicted molar refractivity (Wildman–Crippen MR) is 263 cm³/mol. The quantitative estimate of drug-likeness (QED) is 0.112. The van der Waals surface area contributed by atoms with Crippen molar-refractivity contribution in [1.82, 2.24) is 24.5 Å². The van der Waals surface area contributed by atoms with Gasteiger partial charge in [0.2, 0.25) is 5.71 Å². The number of furan rings is 1. The van der Waals surface area contributed by atoms with Crippen LogP contribution in [0.2, 0.25) is 19.6 Å². The van der Waals surface area contributed by atoms with E-state index in [0.717, 1.165) is 89.4 Å². The second kappa shape index (κ2) is 18.4. The summed E-state index contributed by atoms with van der Waals surface area (Å²) < 4.78 is 8.91. The number of para-hydroxylation sites is 1. The number of rotatable bonds is 8. The van der Waals surface area contributed by atoms with Crippen LogP contribution in [0.25, 0.3) is 83.7 Å². The Hall–Kier alpha value is -6.31. The normalized spacial score (nSPS) is 12.0. The van der Waals surface area contributed by atoms with Crippen molar-refractivity contribution in [3.63, 3.8) is 0 Å². The minimum absolute atomic E-state index is 0. The van der Waals surface area contributed by atoms with Gasteiger partial charge in [0.1, 0.15) is 0 Å². The van der Waals surface area contributed by atoms with Crippen molar-refractivity contribution in [3.8, 4) is 50.6 Å². The Labute approximate surface area is 390 Å². The smallest absolute Gasteiger partial charge is 0.216 e. The predicted octanol–water partition coefficient (Wildman–Crippen LogP) is 14.0. The molecule has 6 nitrogen and oxygen atoms in total. The van der Waals surface area contributed by atoms with Crippen LogP contribution in [0, 0.1) is 31.9 Å². The number of imidazole rings is 1. The Morgan fingerprint density at radius 1 is 0.672 bits per heavy atom. The molecule has 0 aliphatic rings. The van der Waals surface area contributed by atoms with Crippen molar-refractivity contribution in [2.45, 2.75) is 60.2 Å². The van der Waals surface area contributed by atoms with Gasteiger partial charge in [-0.1, -0.05) is 149 Å². The van der Waals surface area contributed by atoms with Crippen molar-refractivity contribution in [1.29, 1.82) is 0 Å². The molecule has 0 bridgehead atoms. The molecule has 10 aromatic rings. The van der Waals surface area contributed by atoms with Crippen molar-refractivity contribution < 1.29 is 24.5 Å². The summed E-state index contributed by atoms with van der Waals surface area (Å²) in [5.74, 6) is 1.53. The molecule has 10 rings (SSSR count). The van der Waals surface area contributed by atoms with E-state index in [-0.39, 0.29) is 20.1 Å². The summed E-state index contributed by atoms with van der Waals surface area (Å²) in [6, 6.07) is 55.1. The van der Waals surface area contributed by atoms with E-state index in [1.165, 1.54) is 10.8 Å². The van der Waals surface area contributed by atoms with Gasteiger partial charge in [-0.25, -0.2) is 4.98 Å². The van der Waals surface area contributed by atoms with Crippen LogP contribution >= 0.6 is 0 Å². The third-order valence-electron chi connectivity index (χ3n) is 12.1. The van der Waals surface area contributed by atoms with Gasteiger partial charge in [-0.05, 0) is 53.0 Å². The van der Waals surface area contributed by atoms with Crippen LogP contribution in [0.1, 0.15) is 43.6 Å². The summed E-state index contributed by atoms with van der Waals surface area (Å²) in [7, 11) is -1.24. The number of hydrogen-bond donors (Lipinski definition) is 0. The summed E-state index contributed by atoms with van der Waals surface area (Å²) in [4.78, 5) is 19.6. The summed E-state index contributed by atoms with van der Waals surface area (Å²) in [6.45, 7) is 17.8. The van der Waals surface area contributed by atoms with E-state index in [1.54, 1.807) is 0 Å². The van der Waals surface area contributed by atoms with Crippen molar-refractivity contribution in [2.75, 3.05) is 0 Å². The maximum atomic E-state index is 6.64. The number of aryl methyl sites for hydroxylation is 2. The van der Waals surface area contributed by atoms with Gasteiger partial charge >= 0.3 is 0 Å². The Bertz CT molecular complexity index is 3150. The van der Waals surface area contributed by atoms with Crippen molar-refractivity contribution >= 4 is 46.4 Å². The number of nitrogens with zero attached hydrogens (tertiary/aromatic N) is 5. The molecule has 321 valence electrons. The molecule has 0 aliphatic heterocycles. The Morgan fingerprint density at radius 2 is 1.38 bits per heavy atom. The van der Waals surface area contributed by atoms with E-state index < -0.39 is 8.07 Å². The van der Waals surface area contributed by atoms with Crippen LogP contribution in [-0.2, 0) is 20.1 Å². The van der Waals surface area contributed by atoms with E-state index in [9.17, 15) is 0 Å². The molecular formula is C56H51IrN5OSi-2. The van der Waals surface area contributed by atoms with E-state index in [0.29, 0.717) is 17.5 Å². The standard InChI is InChI=1S/C41H33N4O.C15H18NSi.Ir/c1-25(2)26(3)35-22-21-33-32-19-12-20-34(39(32)46-41(33)44-35)40-43-36-23-24-42-27(4)37(36)45(40)38-30(28-13-7-5-8-14-28)17-11-18-31(38)29-15-9-6-10-16-29;1-12-5-7-13(8-6-12)15-10-9-14(11-16-15)17(2,3)4;/h5-19,21-26H,1-4H3;5-7,9-11H,1-4H3;/q2*-1;. The first kappa shape index (κ1) is 44.3. The van der Waals surface area contributed by atoms with Crippen LogP contribution in [0.15, 0.2) is 156 Å².